The predicted octanol–water partition coefficient (Wildman–Crippen LogP) is 2.34. The number of halogens is 2. The normalized spacial score (nSPS) is 13.9. The molecule has 1 aromatic rings. The van der Waals surface area contributed by atoms with E-state index in [1.54, 1.807) is 0 Å². The third-order valence-electron chi connectivity index (χ3n) is 2.70. The van der Waals surface area contributed by atoms with Crippen molar-refractivity contribution >= 4 is 0 Å². The SMILES string of the molecule is CC(C)(CN)CC(N)c1ccc(F)c(F)c1. The number of hydrogen-bond acceptors (Lipinski definition) is 2. The van der Waals surface area contributed by atoms with Gasteiger partial charge in [-0.2, -0.15) is 0 Å². The molecule has 2 nitrogen and oxygen atoms in total. The molecule has 0 radical (unpaired) electrons. The Morgan fingerprint density at radius 3 is 2.38 bits per heavy atom. The van der Waals surface area contributed by atoms with Crippen LogP contribution in [-0.2, 0) is 0 Å². The van der Waals surface area contributed by atoms with Crippen LogP contribution in [0.4, 0.5) is 8.78 Å². The molecule has 1 rings (SSSR count). The van der Waals surface area contributed by atoms with E-state index in [-0.39, 0.29) is 11.5 Å². The lowest BCUT2D eigenvalue weighted by Crippen LogP contribution is -2.28. The van der Waals surface area contributed by atoms with Gasteiger partial charge in [0, 0.05) is 6.04 Å². The molecule has 4 N–H and O–H groups in total. The van der Waals surface area contributed by atoms with Crippen molar-refractivity contribution in [1.29, 1.82) is 0 Å². The second-order valence-corrected chi connectivity index (χ2v) is 4.85. The highest BCUT2D eigenvalue weighted by Gasteiger charge is 2.21. The van der Waals surface area contributed by atoms with Crippen molar-refractivity contribution in [2.24, 2.45) is 16.9 Å². The van der Waals surface area contributed by atoms with E-state index in [0.717, 1.165) is 12.1 Å². The zero-order chi connectivity index (χ0) is 12.3. The summed E-state index contributed by atoms with van der Waals surface area (Å²) >= 11 is 0. The van der Waals surface area contributed by atoms with Crippen LogP contribution in [0.5, 0.6) is 0 Å². The smallest absolute Gasteiger partial charge is 0.159 e. The maximum Gasteiger partial charge on any atom is 0.159 e. The Morgan fingerprint density at radius 1 is 1.25 bits per heavy atom. The van der Waals surface area contributed by atoms with Crippen molar-refractivity contribution in [1.82, 2.24) is 0 Å². The average Bonchev–Trinajstić information content (AvgIpc) is 2.21. The zero-order valence-corrected chi connectivity index (χ0v) is 9.63. The monoisotopic (exact) mass is 228 g/mol. The summed E-state index contributed by atoms with van der Waals surface area (Å²) in [5.41, 5.74) is 12.0. The van der Waals surface area contributed by atoms with Crippen molar-refractivity contribution in [3.63, 3.8) is 0 Å². The minimum atomic E-state index is -0.862. The zero-order valence-electron chi connectivity index (χ0n) is 9.63. The molecule has 90 valence electrons. The largest absolute Gasteiger partial charge is 0.330 e. The van der Waals surface area contributed by atoms with Gasteiger partial charge in [0.1, 0.15) is 0 Å². The van der Waals surface area contributed by atoms with Gasteiger partial charge in [-0.1, -0.05) is 19.9 Å². The standard InChI is InChI=1S/C12H18F2N2/c1-12(2,7-15)6-11(16)8-3-4-9(13)10(14)5-8/h3-5,11H,6-7,15-16H2,1-2H3. The van der Waals surface area contributed by atoms with E-state index < -0.39 is 11.6 Å². The summed E-state index contributed by atoms with van der Waals surface area (Å²) in [6.45, 7) is 4.49. The van der Waals surface area contributed by atoms with Gasteiger partial charge in [0.25, 0.3) is 0 Å². The second kappa shape index (κ2) is 4.89. The van der Waals surface area contributed by atoms with Crippen molar-refractivity contribution in [2.75, 3.05) is 6.54 Å². The summed E-state index contributed by atoms with van der Waals surface area (Å²) in [6.07, 6.45) is 0.634. The lowest BCUT2D eigenvalue weighted by molar-refractivity contribution is 0.317. The summed E-state index contributed by atoms with van der Waals surface area (Å²) in [4.78, 5) is 0. The summed E-state index contributed by atoms with van der Waals surface area (Å²) in [6, 6.07) is 3.43. The van der Waals surface area contributed by atoms with Crippen LogP contribution in [0.3, 0.4) is 0 Å². The number of benzene rings is 1. The van der Waals surface area contributed by atoms with Crippen LogP contribution in [0.1, 0.15) is 31.9 Å². The summed E-state index contributed by atoms with van der Waals surface area (Å²) < 4.78 is 25.7. The quantitative estimate of drug-likeness (QED) is 0.831. The molecule has 0 aliphatic carbocycles. The fourth-order valence-corrected chi connectivity index (χ4v) is 1.54. The summed E-state index contributed by atoms with van der Waals surface area (Å²) in [5.74, 6) is -1.72. The van der Waals surface area contributed by atoms with Gasteiger partial charge in [0.05, 0.1) is 0 Å². The first kappa shape index (κ1) is 13.1. The van der Waals surface area contributed by atoms with Crippen molar-refractivity contribution in [3.05, 3.63) is 35.4 Å². The molecule has 0 amide bonds. The maximum atomic E-state index is 13.0. The van der Waals surface area contributed by atoms with Gasteiger partial charge >= 0.3 is 0 Å². The Morgan fingerprint density at radius 2 is 1.88 bits per heavy atom. The lowest BCUT2D eigenvalue weighted by atomic mass is 9.84. The van der Waals surface area contributed by atoms with E-state index in [1.165, 1.54) is 6.07 Å². The molecular weight excluding hydrogens is 210 g/mol. The van der Waals surface area contributed by atoms with Crippen molar-refractivity contribution in [3.8, 4) is 0 Å². The highest BCUT2D eigenvalue weighted by atomic mass is 19.2. The van der Waals surface area contributed by atoms with E-state index in [2.05, 4.69) is 0 Å². The topological polar surface area (TPSA) is 52.0 Å². The molecule has 0 bridgehead atoms. The van der Waals surface area contributed by atoms with Crippen LogP contribution in [0.2, 0.25) is 0 Å². The molecule has 16 heavy (non-hydrogen) atoms. The molecule has 0 aliphatic rings. The van der Waals surface area contributed by atoms with E-state index in [9.17, 15) is 8.78 Å². The molecular formula is C12H18F2N2. The number of hydrogen-bond donors (Lipinski definition) is 2. The summed E-state index contributed by atoms with van der Waals surface area (Å²) in [7, 11) is 0. The molecule has 1 atom stereocenters. The fraction of sp³-hybridized carbons (Fsp3) is 0.500. The highest BCUT2D eigenvalue weighted by Crippen LogP contribution is 2.27. The van der Waals surface area contributed by atoms with Gasteiger partial charge in [-0.05, 0) is 36.1 Å². The Labute approximate surface area is 94.6 Å². The van der Waals surface area contributed by atoms with Gasteiger partial charge in [-0.15, -0.1) is 0 Å². The Hall–Kier alpha value is -1.00. The van der Waals surface area contributed by atoms with E-state index in [4.69, 9.17) is 11.5 Å². The molecule has 0 aliphatic heterocycles. The highest BCUT2D eigenvalue weighted by molar-refractivity contribution is 5.21. The summed E-state index contributed by atoms with van der Waals surface area (Å²) in [5, 5.41) is 0. The Bertz CT molecular complexity index is 364. The van der Waals surface area contributed by atoms with Crippen LogP contribution in [-0.4, -0.2) is 6.54 Å². The molecule has 1 aromatic carbocycles. The van der Waals surface area contributed by atoms with Crippen molar-refractivity contribution in [2.45, 2.75) is 26.3 Å². The number of rotatable bonds is 4. The van der Waals surface area contributed by atoms with Gasteiger partial charge in [0.15, 0.2) is 11.6 Å². The molecule has 0 saturated carbocycles. The van der Waals surface area contributed by atoms with E-state index in [0.29, 0.717) is 18.5 Å². The average molecular weight is 228 g/mol. The van der Waals surface area contributed by atoms with Crippen LogP contribution in [0, 0.1) is 17.0 Å². The first-order valence-electron chi connectivity index (χ1n) is 5.26. The molecule has 0 spiro atoms. The van der Waals surface area contributed by atoms with Crippen LogP contribution in [0.25, 0.3) is 0 Å². The van der Waals surface area contributed by atoms with E-state index >= 15 is 0 Å². The molecule has 0 fully saturated rings. The Balaban J connectivity index is 2.81. The van der Waals surface area contributed by atoms with Gasteiger partial charge in [-0.3, -0.25) is 0 Å². The van der Waals surface area contributed by atoms with Crippen molar-refractivity contribution < 1.29 is 8.78 Å². The number of nitrogens with two attached hydrogens (primary N) is 2. The molecule has 0 heterocycles. The van der Waals surface area contributed by atoms with E-state index in [1.807, 2.05) is 13.8 Å². The minimum Gasteiger partial charge on any atom is -0.330 e. The second-order valence-electron chi connectivity index (χ2n) is 4.85. The maximum absolute atomic E-state index is 13.0. The fourth-order valence-electron chi connectivity index (χ4n) is 1.54. The third-order valence-corrected chi connectivity index (χ3v) is 2.70. The molecule has 1 unspecified atom stereocenters. The lowest BCUT2D eigenvalue weighted by Gasteiger charge is -2.26. The van der Waals surface area contributed by atoms with Crippen LogP contribution in [0.15, 0.2) is 18.2 Å². The van der Waals surface area contributed by atoms with Gasteiger partial charge < -0.3 is 11.5 Å². The predicted molar refractivity (Wildman–Crippen MR) is 60.7 cm³/mol. The third kappa shape index (κ3) is 3.25. The first-order valence-corrected chi connectivity index (χ1v) is 5.26. The van der Waals surface area contributed by atoms with Gasteiger partial charge in [-0.25, -0.2) is 8.78 Å². The first-order chi connectivity index (χ1) is 7.35. The van der Waals surface area contributed by atoms with Gasteiger partial charge in [0.2, 0.25) is 0 Å². The molecule has 0 aromatic heterocycles. The molecule has 0 saturated heterocycles. The Kier molecular flexibility index (Phi) is 3.99. The minimum absolute atomic E-state index is 0.107. The van der Waals surface area contributed by atoms with Crippen LogP contribution >= 0.6 is 0 Å². The molecule has 4 heteroatoms. The van der Waals surface area contributed by atoms with Crippen LogP contribution < -0.4 is 11.5 Å².